The summed E-state index contributed by atoms with van der Waals surface area (Å²) in [5, 5.41) is 5.42. The Bertz CT molecular complexity index is 981. The van der Waals surface area contributed by atoms with E-state index in [1.807, 2.05) is 0 Å². The van der Waals surface area contributed by atoms with E-state index in [9.17, 15) is 22.8 Å². The number of halogens is 6. The summed E-state index contributed by atoms with van der Waals surface area (Å²) in [6.45, 7) is 0.174. The Hall–Kier alpha value is -2.00. The molecule has 2 aromatic carbocycles. The highest BCUT2D eigenvalue weighted by Crippen LogP contribution is 2.38. The maximum absolute atomic E-state index is 13.2. The molecule has 0 aromatic heterocycles. The van der Waals surface area contributed by atoms with Gasteiger partial charge in [-0.25, -0.2) is 0 Å². The average molecular weight is 495 g/mol. The molecule has 2 aromatic rings. The van der Waals surface area contributed by atoms with Crippen LogP contribution in [0.3, 0.4) is 0 Å². The number of hydrogen-bond acceptors (Lipinski definition) is 3. The summed E-state index contributed by atoms with van der Waals surface area (Å²) < 4.78 is 39.7. The van der Waals surface area contributed by atoms with Crippen molar-refractivity contribution in [2.75, 3.05) is 23.7 Å². The third-order valence-corrected chi connectivity index (χ3v) is 5.48. The number of nitrogens with zero attached hydrogens (tertiary/aromatic N) is 1. The number of amides is 2. The summed E-state index contributed by atoms with van der Waals surface area (Å²) in [5.74, 6) is -1.07. The van der Waals surface area contributed by atoms with Crippen molar-refractivity contribution in [2.45, 2.75) is 25.1 Å². The van der Waals surface area contributed by atoms with Crippen molar-refractivity contribution in [3.63, 3.8) is 0 Å². The number of anilines is 2. The third kappa shape index (κ3) is 6.04. The van der Waals surface area contributed by atoms with E-state index in [4.69, 9.17) is 34.8 Å². The second-order valence-corrected chi connectivity index (χ2v) is 8.26. The Morgan fingerprint density at radius 2 is 1.74 bits per heavy atom. The quantitative estimate of drug-likeness (QED) is 0.560. The van der Waals surface area contributed by atoms with Gasteiger partial charge in [0.1, 0.15) is 0 Å². The minimum absolute atomic E-state index is 0.225. The molecule has 1 unspecified atom stereocenters. The molecular formula is C20H17Cl3F3N3O2. The van der Waals surface area contributed by atoms with Crippen molar-refractivity contribution >= 4 is 58.0 Å². The molecule has 1 fully saturated rings. The van der Waals surface area contributed by atoms with Crippen molar-refractivity contribution in [1.29, 1.82) is 0 Å². The number of hydrogen-bond donors (Lipinski definition) is 2. The SMILES string of the molecule is O=C(CN1CCCC1C(=O)Nc1cc(Cl)cc(Cl)c1)Nc1c(Cl)cccc1C(F)(F)F. The molecule has 0 bridgehead atoms. The lowest BCUT2D eigenvalue weighted by Gasteiger charge is -2.24. The Balaban J connectivity index is 1.68. The van der Waals surface area contributed by atoms with E-state index in [1.165, 1.54) is 24.3 Å². The van der Waals surface area contributed by atoms with Gasteiger partial charge in [-0.1, -0.05) is 40.9 Å². The fourth-order valence-corrected chi connectivity index (χ4v) is 4.16. The van der Waals surface area contributed by atoms with Crippen LogP contribution in [0.25, 0.3) is 0 Å². The second-order valence-electron chi connectivity index (χ2n) is 6.98. The first-order chi connectivity index (χ1) is 14.5. The maximum Gasteiger partial charge on any atom is 0.418 e. The van der Waals surface area contributed by atoms with Gasteiger partial charge in [0.2, 0.25) is 11.8 Å². The summed E-state index contributed by atoms with van der Waals surface area (Å²) >= 11 is 17.7. The van der Waals surface area contributed by atoms with E-state index >= 15 is 0 Å². The van der Waals surface area contributed by atoms with Crippen molar-refractivity contribution < 1.29 is 22.8 Å². The lowest BCUT2D eigenvalue weighted by atomic mass is 10.1. The summed E-state index contributed by atoms with van der Waals surface area (Å²) in [6.07, 6.45) is -3.53. The number of carbonyl (C=O) groups is 2. The number of carbonyl (C=O) groups excluding carboxylic acids is 2. The number of rotatable bonds is 5. The smallest absolute Gasteiger partial charge is 0.325 e. The zero-order chi connectivity index (χ0) is 22.8. The summed E-state index contributed by atoms with van der Waals surface area (Å²) in [6, 6.07) is 7.22. The molecule has 11 heteroatoms. The molecule has 0 aliphatic carbocycles. The van der Waals surface area contributed by atoms with Crippen LogP contribution in [-0.2, 0) is 15.8 Å². The van der Waals surface area contributed by atoms with Crippen LogP contribution in [0.5, 0.6) is 0 Å². The Morgan fingerprint density at radius 1 is 1.06 bits per heavy atom. The van der Waals surface area contributed by atoms with Crippen molar-refractivity contribution in [3.05, 3.63) is 57.0 Å². The number of likely N-dealkylation sites (tertiary alicyclic amines) is 1. The van der Waals surface area contributed by atoms with Gasteiger partial charge in [0.15, 0.2) is 0 Å². The fraction of sp³-hybridized carbons (Fsp3) is 0.300. The molecule has 2 N–H and O–H groups in total. The normalized spacial score (nSPS) is 16.9. The highest BCUT2D eigenvalue weighted by Gasteiger charge is 2.36. The Labute approximate surface area is 191 Å². The molecule has 166 valence electrons. The maximum atomic E-state index is 13.2. The molecule has 1 heterocycles. The summed E-state index contributed by atoms with van der Waals surface area (Å²) in [5.41, 5.74) is -1.14. The van der Waals surface area contributed by atoms with E-state index in [0.29, 0.717) is 35.1 Å². The monoisotopic (exact) mass is 493 g/mol. The lowest BCUT2D eigenvalue weighted by molar-refractivity contribution is -0.137. The topological polar surface area (TPSA) is 61.4 Å². The standard InChI is InChI=1S/C20H17Cl3F3N3O2/c21-11-7-12(22)9-13(8-11)27-19(31)16-5-2-6-29(16)10-17(30)28-18-14(20(24,25)26)3-1-4-15(18)23/h1,3-4,7-9,16H,2,5-6,10H2,(H,27,31)(H,28,30). The molecule has 0 spiro atoms. The van der Waals surface area contributed by atoms with Gasteiger partial charge < -0.3 is 10.6 Å². The number of para-hydroxylation sites is 1. The first kappa shape index (κ1) is 23.7. The molecule has 0 saturated carbocycles. The minimum atomic E-state index is -4.68. The Kier molecular flexibility index (Phi) is 7.36. The molecule has 0 radical (unpaired) electrons. The summed E-state index contributed by atoms with van der Waals surface area (Å²) in [7, 11) is 0. The van der Waals surface area contributed by atoms with Gasteiger partial charge >= 0.3 is 6.18 Å². The highest BCUT2D eigenvalue weighted by atomic mass is 35.5. The van der Waals surface area contributed by atoms with E-state index in [2.05, 4.69) is 10.6 Å². The van der Waals surface area contributed by atoms with Crippen LogP contribution in [-0.4, -0.2) is 35.8 Å². The van der Waals surface area contributed by atoms with Gasteiger partial charge in [-0.15, -0.1) is 0 Å². The van der Waals surface area contributed by atoms with Gasteiger partial charge in [-0.05, 0) is 49.7 Å². The molecule has 1 aliphatic rings. The largest absolute Gasteiger partial charge is 0.418 e. The van der Waals surface area contributed by atoms with Gasteiger partial charge in [-0.3, -0.25) is 14.5 Å². The molecular weight excluding hydrogens is 478 g/mol. The van der Waals surface area contributed by atoms with Gasteiger partial charge in [0, 0.05) is 15.7 Å². The third-order valence-electron chi connectivity index (χ3n) is 4.73. The van der Waals surface area contributed by atoms with Gasteiger partial charge in [0.05, 0.1) is 28.9 Å². The Morgan fingerprint density at radius 3 is 2.39 bits per heavy atom. The van der Waals surface area contributed by atoms with Crippen LogP contribution in [0.15, 0.2) is 36.4 Å². The van der Waals surface area contributed by atoms with Crippen LogP contribution in [0.4, 0.5) is 24.5 Å². The first-order valence-corrected chi connectivity index (χ1v) is 10.3. The molecule has 5 nitrogen and oxygen atoms in total. The molecule has 1 aliphatic heterocycles. The molecule has 1 saturated heterocycles. The molecule has 31 heavy (non-hydrogen) atoms. The number of alkyl halides is 3. The molecule has 3 rings (SSSR count). The van der Waals surface area contributed by atoms with Crippen molar-refractivity contribution in [1.82, 2.24) is 4.90 Å². The van der Waals surface area contributed by atoms with Crippen LogP contribution in [0.2, 0.25) is 15.1 Å². The number of nitrogens with one attached hydrogen (secondary N) is 2. The highest BCUT2D eigenvalue weighted by molar-refractivity contribution is 6.35. The van der Waals surface area contributed by atoms with E-state index < -0.39 is 29.4 Å². The predicted octanol–water partition coefficient (Wildman–Crippen LogP) is 5.71. The lowest BCUT2D eigenvalue weighted by Crippen LogP contribution is -2.43. The van der Waals surface area contributed by atoms with Crippen LogP contribution >= 0.6 is 34.8 Å². The van der Waals surface area contributed by atoms with E-state index in [0.717, 1.165) is 12.1 Å². The van der Waals surface area contributed by atoms with Crippen molar-refractivity contribution in [3.8, 4) is 0 Å². The fourth-order valence-electron chi connectivity index (χ4n) is 3.41. The summed E-state index contributed by atoms with van der Waals surface area (Å²) in [4.78, 5) is 26.8. The molecule has 1 atom stereocenters. The first-order valence-electron chi connectivity index (χ1n) is 9.21. The van der Waals surface area contributed by atoms with Crippen molar-refractivity contribution in [2.24, 2.45) is 0 Å². The average Bonchev–Trinajstić information content (AvgIpc) is 3.09. The van der Waals surface area contributed by atoms with Crippen LogP contribution in [0.1, 0.15) is 18.4 Å². The predicted molar refractivity (Wildman–Crippen MR) is 115 cm³/mol. The van der Waals surface area contributed by atoms with E-state index in [1.54, 1.807) is 4.90 Å². The van der Waals surface area contributed by atoms with Crippen LogP contribution < -0.4 is 10.6 Å². The minimum Gasteiger partial charge on any atom is -0.325 e. The number of benzene rings is 2. The second kappa shape index (κ2) is 9.65. The van der Waals surface area contributed by atoms with Crippen LogP contribution in [0, 0.1) is 0 Å². The van der Waals surface area contributed by atoms with Gasteiger partial charge in [-0.2, -0.15) is 13.2 Å². The zero-order valence-electron chi connectivity index (χ0n) is 15.9. The molecule has 2 amide bonds. The van der Waals surface area contributed by atoms with E-state index in [-0.39, 0.29) is 17.5 Å². The zero-order valence-corrected chi connectivity index (χ0v) is 18.2. The van der Waals surface area contributed by atoms with Gasteiger partial charge in [0.25, 0.3) is 0 Å².